The number of methoxy groups -OCH3 is 3. The summed E-state index contributed by atoms with van der Waals surface area (Å²) in [5, 5.41) is 7.03. The van der Waals surface area contributed by atoms with Gasteiger partial charge in [-0.25, -0.2) is 0 Å². The molecule has 25 heavy (non-hydrogen) atoms. The highest BCUT2D eigenvalue weighted by atomic mass is 32.1. The molecule has 0 unspecified atom stereocenters. The van der Waals surface area contributed by atoms with Gasteiger partial charge in [-0.05, 0) is 42.4 Å². The summed E-state index contributed by atoms with van der Waals surface area (Å²) >= 11 is 5.33. The third kappa shape index (κ3) is 5.53. The van der Waals surface area contributed by atoms with E-state index in [2.05, 4.69) is 10.6 Å². The minimum Gasteiger partial charge on any atom is -0.496 e. The van der Waals surface area contributed by atoms with Crippen LogP contribution in [0.3, 0.4) is 0 Å². The first-order valence-electron chi connectivity index (χ1n) is 8.02. The predicted octanol–water partition coefficient (Wildman–Crippen LogP) is 2.92. The number of hydrogen-bond acceptors (Lipinski definition) is 4. The molecule has 6 heteroatoms. The molecule has 0 amide bonds. The van der Waals surface area contributed by atoms with Gasteiger partial charge in [-0.3, -0.25) is 0 Å². The van der Waals surface area contributed by atoms with Gasteiger partial charge in [0.05, 0.1) is 21.3 Å². The lowest BCUT2D eigenvalue weighted by Crippen LogP contribution is -2.36. The van der Waals surface area contributed by atoms with E-state index in [1.165, 1.54) is 0 Å². The second-order valence-electron chi connectivity index (χ2n) is 5.36. The van der Waals surface area contributed by atoms with Crippen molar-refractivity contribution >= 4 is 17.3 Å². The van der Waals surface area contributed by atoms with Gasteiger partial charge in [-0.1, -0.05) is 24.3 Å². The molecule has 0 radical (unpaired) electrons. The molecule has 0 aliphatic rings. The summed E-state index contributed by atoms with van der Waals surface area (Å²) in [6.07, 6.45) is 0.830. The number of nitrogens with one attached hydrogen (secondary N) is 2. The van der Waals surface area contributed by atoms with Gasteiger partial charge in [-0.15, -0.1) is 0 Å². The fourth-order valence-corrected chi connectivity index (χ4v) is 2.62. The first kappa shape index (κ1) is 18.9. The lowest BCUT2D eigenvalue weighted by Gasteiger charge is -2.13. The van der Waals surface area contributed by atoms with Gasteiger partial charge in [0.25, 0.3) is 0 Å². The van der Waals surface area contributed by atoms with Gasteiger partial charge in [0.1, 0.15) is 5.75 Å². The Morgan fingerprint density at radius 3 is 2.32 bits per heavy atom. The van der Waals surface area contributed by atoms with Crippen LogP contribution in [0.15, 0.2) is 42.5 Å². The summed E-state index contributed by atoms with van der Waals surface area (Å²) in [6.45, 7) is 1.35. The normalized spacial score (nSPS) is 10.0. The van der Waals surface area contributed by atoms with Gasteiger partial charge in [0.2, 0.25) is 0 Å². The molecule has 5 nitrogen and oxygen atoms in total. The molecule has 0 aliphatic carbocycles. The van der Waals surface area contributed by atoms with Crippen molar-refractivity contribution in [2.24, 2.45) is 0 Å². The highest BCUT2D eigenvalue weighted by Gasteiger charge is 2.05. The van der Waals surface area contributed by atoms with E-state index in [-0.39, 0.29) is 0 Å². The Kier molecular flexibility index (Phi) is 7.35. The minimum atomic E-state index is 0.617. The largest absolute Gasteiger partial charge is 0.496 e. The lowest BCUT2D eigenvalue weighted by molar-refractivity contribution is 0.354. The average Bonchev–Trinajstić information content (AvgIpc) is 2.66. The van der Waals surface area contributed by atoms with Crippen LogP contribution in [0.25, 0.3) is 0 Å². The number of rotatable bonds is 8. The zero-order valence-electron chi connectivity index (χ0n) is 14.8. The molecule has 0 saturated carbocycles. The molecule has 0 atom stereocenters. The molecule has 2 rings (SSSR count). The van der Waals surface area contributed by atoms with Crippen LogP contribution in [0.4, 0.5) is 0 Å². The molecule has 2 aromatic rings. The fraction of sp³-hybridized carbons (Fsp3) is 0.316. The van der Waals surface area contributed by atoms with Crippen molar-refractivity contribution in [3.8, 4) is 17.2 Å². The van der Waals surface area contributed by atoms with Crippen molar-refractivity contribution in [3.63, 3.8) is 0 Å². The van der Waals surface area contributed by atoms with E-state index in [1.54, 1.807) is 21.3 Å². The number of hydrogen-bond donors (Lipinski definition) is 2. The molecule has 134 valence electrons. The maximum Gasteiger partial charge on any atom is 0.166 e. The van der Waals surface area contributed by atoms with Crippen molar-refractivity contribution in [1.29, 1.82) is 0 Å². The topological polar surface area (TPSA) is 51.8 Å². The average molecular weight is 360 g/mol. The van der Waals surface area contributed by atoms with Crippen molar-refractivity contribution in [2.45, 2.75) is 13.0 Å². The molecule has 0 aliphatic heterocycles. The molecular weight excluding hydrogens is 336 g/mol. The smallest absolute Gasteiger partial charge is 0.166 e. The fourth-order valence-electron chi connectivity index (χ4n) is 2.44. The first-order valence-corrected chi connectivity index (χ1v) is 8.43. The Morgan fingerprint density at radius 1 is 0.880 bits per heavy atom. The molecule has 0 spiro atoms. The predicted molar refractivity (Wildman–Crippen MR) is 104 cm³/mol. The zero-order valence-corrected chi connectivity index (χ0v) is 15.6. The maximum absolute atomic E-state index is 5.33. The monoisotopic (exact) mass is 360 g/mol. The van der Waals surface area contributed by atoms with E-state index >= 15 is 0 Å². The molecule has 0 heterocycles. The molecule has 0 bridgehead atoms. The Hall–Kier alpha value is -2.47. The van der Waals surface area contributed by atoms with Gasteiger partial charge >= 0.3 is 0 Å². The third-order valence-corrected chi connectivity index (χ3v) is 4.07. The Morgan fingerprint density at radius 2 is 1.60 bits per heavy atom. The van der Waals surface area contributed by atoms with Crippen molar-refractivity contribution in [3.05, 3.63) is 53.6 Å². The van der Waals surface area contributed by atoms with Crippen molar-refractivity contribution < 1.29 is 14.2 Å². The Balaban J connectivity index is 1.79. The highest BCUT2D eigenvalue weighted by molar-refractivity contribution is 7.80. The summed E-state index contributed by atoms with van der Waals surface area (Å²) in [6, 6.07) is 13.8. The quantitative estimate of drug-likeness (QED) is 0.706. The second kappa shape index (κ2) is 9.74. The van der Waals surface area contributed by atoms with Crippen LogP contribution >= 0.6 is 12.2 Å². The first-order chi connectivity index (χ1) is 12.2. The minimum absolute atomic E-state index is 0.617. The Bertz CT molecular complexity index is 707. The number of para-hydroxylation sites is 1. The zero-order chi connectivity index (χ0) is 18.1. The van der Waals surface area contributed by atoms with E-state index in [9.17, 15) is 0 Å². The number of ether oxygens (including phenoxy) is 3. The van der Waals surface area contributed by atoms with Crippen LogP contribution in [0, 0.1) is 0 Å². The molecule has 0 saturated heterocycles. The van der Waals surface area contributed by atoms with Crippen LogP contribution in [-0.2, 0) is 13.0 Å². The van der Waals surface area contributed by atoms with Crippen LogP contribution in [0.1, 0.15) is 11.1 Å². The van der Waals surface area contributed by atoms with Crippen LogP contribution < -0.4 is 24.8 Å². The summed E-state index contributed by atoms with van der Waals surface area (Å²) < 4.78 is 15.9. The molecular formula is C19H24N2O3S. The van der Waals surface area contributed by atoms with Gasteiger partial charge in [0.15, 0.2) is 16.6 Å². The van der Waals surface area contributed by atoms with E-state index in [0.717, 1.165) is 41.3 Å². The maximum atomic E-state index is 5.33. The van der Waals surface area contributed by atoms with Gasteiger partial charge in [-0.2, -0.15) is 0 Å². The molecule has 0 fully saturated rings. The summed E-state index contributed by atoms with van der Waals surface area (Å²) in [5.74, 6) is 2.31. The Labute approximate surface area is 154 Å². The van der Waals surface area contributed by atoms with Crippen LogP contribution in [0.5, 0.6) is 17.2 Å². The van der Waals surface area contributed by atoms with Crippen LogP contribution in [-0.4, -0.2) is 33.0 Å². The second-order valence-corrected chi connectivity index (χ2v) is 5.77. The summed E-state index contributed by atoms with van der Waals surface area (Å²) in [5.41, 5.74) is 2.21. The summed E-state index contributed by atoms with van der Waals surface area (Å²) in [7, 11) is 4.93. The van der Waals surface area contributed by atoms with E-state index in [0.29, 0.717) is 11.7 Å². The number of thiocarbonyl (C=S) groups is 1. The van der Waals surface area contributed by atoms with E-state index in [1.807, 2.05) is 42.5 Å². The molecule has 0 aromatic heterocycles. The van der Waals surface area contributed by atoms with Crippen LogP contribution in [0.2, 0.25) is 0 Å². The number of benzene rings is 2. The third-order valence-electron chi connectivity index (χ3n) is 3.78. The van der Waals surface area contributed by atoms with E-state index < -0.39 is 0 Å². The van der Waals surface area contributed by atoms with E-state index in [4.69, 9.17) is 26.4 Å². The SMILES string of the molecule is COc1ccccc1CNC(=S)NCCc1ccc(OC)c(OC)c1. The standard InChI is InChI=1S/C19H24N2O3S/c1-22-16-7-5-4-6-15(16)13-21-19(25)20-11-10-14-8-9-17(23-2)18(12-14)24-3/h4-9,12H,10-11,13H2,1-3H3,(H2,20,21,25). The summed E-state index contributed by atoms with van der Waals surface area (Å²) in [4.78, 5) is 0. The van der Waals surface area contributed by atoms with Crippen molar-refractivity contribution in [1.82, 2.24) is 10.6 Å². The van der Waals surface area contributed by atoms with Gasteiger partial charge in [0, 0.05) is 18.7 Å². The highest BCUT2D eigenvalue weighted by Crippen LogP contribution is 2.27. The molecule has 2 aromatic carbocycles. The molecule has 2 N–H and O–H groups in total. The lowest BCUT2D eigenvalue weighted by atomic mass is 10.1. The van der Waals surface area contributed by atoms with Crippen molar-refractivity contribution in [2.75, 3.05) is 27.9 Å². The van der Waals surface area contributed by atoms with Gasteiger partial charge < -0.3 is 24.8 Å².